The highest BCUT2D eigenvalue weighted by Gasteiger charge is 2.39. The number of urea groups is 1. The Kier molecular flexibility index (Phi) is 18.2. The number of hydrogen-bond acceptors (Lipinski definition) is 10. The number of carbonyl (C=O) groups is 5. The van der Waals surface area contributed by atoms with Gasteiger partial charge in [0.1, 0.15) is 18.9 Å². The molecule has 49 heavy (non-hydrogen) atoms. The second-order valence-electron chi connectivity index (χ2n) is 10.8. The molecule has 1 unspecified atom stereocenters. The predicted octanol–water partition coefficient (Wildman–Crippen LogP) is 2.45. The Morgan fingerprint density at radius 3 is 2.31 bits per heavy atom. The molecule has 3 aliphatic rings. The van der Waals surface area contributed by atoms with Crippen LogP contribution in [-0.2, 0) is 25.7 Å². The quantitative estimate of drug-likeness (QED) is 0.102. The van der Waals surface area contributed by atoms with Crippen molar-refractivity contribution in [2.75, 3.05) is 82.0 Å². The first-order valence-electron chi connectivity index (χ1n) is 17.1. The van der Waals surface area contributed by atoms with Crippen LogP contribution in [0.25, 0.3) is 0 Å². The Labute approximate surface area is 290 Å². The molecule has 2 saturated heterocycles. The van der Waals surface area contributed by atoms with Gasteiger partial charge in [0.25, 0.3) is 5.91 Å². The lowest BCUT2D eigenvalue weighted by molar-refractivity contribution is -0.136. The Morgan fingerprint density at radius 2 is 1.67 bits per heavy atom. The fourth-order valence-electron chi connectivity index (χ4n) is 5.35. The predicted molar refractivity (Wildman–Crippen MR) is 193 cm³/mol. The van der Waals surface area contributed by atoms with E-state index in [0.717, 1.165) is 42.0 Å². The van der Waals surface area contributed by atoms with Gasteiger partial charge in [-0.2, -0.15) is 0 Å². The summed E-state index contributed by atoms with van der Waals surface area (Å²) in [5.74, 6) is -0.790. The Hall–Kier alpha value is -4.69. The number of nitrogen functional groups attached to an aromatic ring is 1. The summed E-state index contributed by atoms with van der Waals surface area (Å²) < 4.78 is 5.02. The smallest absolute Gasteiger partial charge is 0.317 e. The standard InChI is InChI=1S/C17H27N5O3.C14H15N3O3.2C2H6/c18-15-1-3-16(4-2-15)21-8-10-22(11-9-21)17(24)20-6-5-19-7-13-25-14-12-23;1-15-9-2-3-10-8(6-9)7-17(14(10)20)11-4-5-12(18)16-13(11)19;2*1-2/h1-4,12,19H,5-11,13-14,18H2,(H,20,24);2-3,6,11,15H,4-5,7H2,1H3,(H,16,18,19);2*1-2H3. The Bertz CT molecular complexity index is 1350. The number of hydrogen-bond donors (Lipinski definition) is 5. The van der Waals surface area contributed by atoms with E-state index in [1.807, 2.05) is 76.0 Å². The minimum absolute atomic E-state index is 0.0315. The number of rotatable bonds is 11. The highest BCUT2D eigenvalue weighted by atomic mass is 16.5. The van der Waals surface area contributed by atoms with E-state index in [2.05, 4.69) is 26.2 Å². The zero-order valence-electron chi connectivity index (χ0n) is 29.5. The second kappa shape index (κ2) is 22.0. The van der Waals surface area contributed by atoms with E-state index in [1.165, 1.54) is 0 Å². The molecule has 3 heterocycles. The summed E-state index contributed by atoms with van der Waals surface area (Å²) in [4.78, 5) is 63.3. The molecule has 6 N–H and O–H groups in total. The highest BCUT2D eigenvalue weighted by molar-refractivity contribution is 6.05. The van der Waals surface area contributed by atoms with Crippen molar-refractivity contribution < 1.29 is 28.7 Å². The van der Waals surface area contributed by atoms with Crippen molar-refractivity contribution in [3.8, 4) is 0 Å². The molecule has 0 saturated carbocycles. The Balaban J connectivity index is 0.000000314. The highest BCUT2D eigenvalue weighted by Crippen LogP contribution is 2.29. The monoisotopic (exact) mass is 682 g/mol. The van der Waals surface area contributed by atoms with Crippen molar-refractivity contribution in [1.82, 2.24) is 25.8 Å². The number of benzene rings is 2. The van der Waals surface area contributed by atoms with Crippen molar-refractivity contribution in [2.24, 2.45) is 0 Å². The fraction of sp³-hybridized carbons (Fsp3) is 0.514. The maximum Gasteiger partial charge on any atom is 0.317 e. The number of anilines is 3. The van der Waals surface area contributed by atoms with Crippen LogP contribution in [0.5, 0.6) is 0 Å². The van der Waals surface area contributed by atoms with Crippen LogP contribution in [0.1, 0.15) is 56.5 Å². The first-order chi connectivity index (χ1) is 23.8. The first kappa shape index (κ1) is 40.5. The number of piperidine rings is 1. The number of amides is 5. The summed E-state index contributed by atoms with van der Waals surface area (Å²) in [6.45, 7) is 13.9. The average Bonchev–Trinajstić information content (AvgIpc) is 3.46. The van der Waals surface area contributed by atoms with Crippen LogP contribution in [0.4, 0.5) is 21.9 Å². The molecule has 270 valence electrons. The molecule has 0 radical (unpaired) electrons. The fourth-order valence-corrected chi connectivity index (χ4v) is 5.35. The SMILES string of the molecule is CC.CC.CNc1ccc2c(c1)CN(C1CCC(=O)NC1=O)C2=O.Nc1ccc(N2CCN(C(=O)NCCNCCOCC=O)CC2)cc1. The molecule has 1 atom stereocenters. The topological polar surface area (TPSA) is 178 Å². The van der Waals surface area contributed by atoms with E-state index >= 15 is 0 Å². The van der Waals surface area contributed by atoms with Gasteiger partial charge in [-0.05, 0) is 54.4 Å². The minimum Gasteiger partial charge on any atom is -0.399 e. The van der Waals surface area contributed by atoms with Crippen LogP contribution in [0.2, 0.25) is 0 Å². The lowest BCUT2D eigenvalue weighted by atomic mass is 10.0. The van der Waals surface area contributed by atoms with Crippen molar-refractivity contribution in [2.45, 2.75) is 53.1 Å². The third-order valence-electron chi connectivity index (χ3n) is 7.82. The first-order valence-corrected chi connectivity index (χ1v) is 17.1. The maximum absolute atomic E-state index is 12.4. The van der Waals surface area contributed by atoms with Gasteiger partial charge in [0.2, 0.25) is 11.8 Å². The number of piperazine rings is 1. The van der Waals surface area contributed by atoms with Crippen LogP contribution in [-0.4, -0.2) is 112 Å². The zero-order chi connectivity index (χ0) is 36.2. The molecule has 2 aromatic carbocycles. The van der Waals surface area contributed by atoms with Gasteiger partial charge < -0.3 is 45.9 Å². The molecule has 14 nitrogen and oxygen atoms in total. The summed E-state index contributed by atoms with van der Waals surface area (Å²) in [6, 6.07) is 12.8. The molecule has 0 bridgehead atoms. The van der Waals surface area contributed by atoms with Crippen molar-refractivity contribution in [3.05, 3.63) is 53.6 Å². The third kappa shape index (κ3) is 12.4. The molecule has 14 heteroatoms. The number of ether oxygens (including phenoxy) is 1. The van der Waals surface area contributed by atoms with Crippen molar-refractivity contribution in [3.63, 3.8) is 0 Å². The van der Waals surface area contributed by atoms with E-state index in [9.17, 15) is 24.0 Å². The normalized spacial score (nSPS) is 16.5. The van der Waals surface area contributed by atoms with Crippen LogP contribution < -0.4 is 31.9 Å². The zero-order valence-corrected chi connectivity index (χ0v) is 29.5. The second-order valence-corrected chi connectivity index (χ2v) is 10.8. The number of nitrogens with two attached hydrogens (primary N) is 1. The molecule has 0 aromatic heterocycles. The molecule has 0 spiro atoms. The van der Waals surface area contributed by atoms with E-state index in [-0.39, 0.29) is 36.8 Å². The molecule has 0 aliphatic carbocycles. The van der Waals surface area contributed by atoms with Gasteiger partial charge in [-0.1, -0.05) is 27.7 Å². The molecule has 2 fully saturated rings. The van der Waals surface area contributed by atoms with Crippen LogP contribution in [0.3, 0.4) is 0 Å². The van der Waals surface area contributed by atoms with E-state index < -0.39 is 6.04 Å². The van der Waals surface area contributed by atoms with Gasteiger partial charge in [-0.3, -0.25) is 19.7 Å². The van der Waals surface area contributed by atoms with E-state index in [1.54, 1.807) is 11.0 Å². The van der Waals surface area contributed by atoms with Crippen LogP contribution in [0, 0.1) is 0 Å². The molecule has 5 amide bonds. The van der Waals surface area contributed by atoms with Gasteiger partial charge in [-0.15, -0.1) is 0 Å². The van der Waals surface area contributed by atoms with Gasteiger partial charge in [-0.25, -0.2) is 4.79 Å². The number of nitrogens with one attached hydrogen (secondary N) is 4. The van der Waals surface area contributed by atoms with Gasteiger partial charge in [0, 0.05) is 88.5 Å². The molecule has 2 aromatic rings. The summed E-state index contributed by atoms with van der Waals surface area (Å²) in [5, 5.41) is 11.4. The van der Waals surface area contributed by atoms with Gasteiger partial charge in [0.05, 0.1) is 6.61 Å². The number of carbonyl (C=O) groups excluding carboxylic acids is 5. The summed E-state index contributed by atoms with van der Waals surface area (Å²) in [6.07, 6.45) is 1.40. The third-order valence-corrected chi connectivity index (χ3v) is 7.82. The lowest BCUT2D eigenvalue weighted by Gasteiger charge is -2.36. The summed E-state index contributed by atoms with van der Waals surface area (Å²) >= 11 is 0. The molecular formula is C35H54N8O6. The molecular weight excluding hydrogens is 628 g/mol. The number of aldehydes is 1. The number of nitrogens with zero attached hydrogens (tertiary/aromatic N) is 3. The van der Waals surface area contributed by atoms with Crippen molar-refractivity contribution in [1.29, 1.82) is 0 Å². The van der Waals surface area contributed by atoms with Gasteiger partial charge in [0.15, 0.2) is 0 Å². The maximum atomic E-state index is 12.4. The van der Waals surface area contributed by atoms with Gasteiger partial charge >= 0.3 is 6.03 Å². The van der Waals surface area contributed by atoms with Crippen molar-refractivity contribution >= 4 is 47.1 Å². The van der Waals surface area contributed by atoms with E-state index in [4.69, 9.17) is 10.5 Å². The summed E-state index contributed by atoms with van der Waals surface area (Å²) in [5.41, 5.74) is 10.1. The molecule has 5 rings (SSSR count). The minimum atomic E-state index is -0.550. The van der Waals surface area contributed by atoms with Crippen LogP contribution in [0.15, 0.2) is 42.5 Å². The summed E-state index contributed by atoms with van der Waals surface area (Å²) in [7, 11) is 1.82. The largest absolute Gasteiger partial charge is 0.399 e. The number of imide groups is 1. The van der Waals surface area contributed by atoms with Crippen LogP contribution >= 0.6 is 0 Å². The average molecular weight is 683 g/mol. The van der Waals surface area contributed by atoms with E-state index in [0.29, 0.717) is 57.9 Å². The molecule has 3 aliphatic heterocycles. The Morgan fingerprint density at radius 1 is 0.980 bits per heavy atom. The number of fused-ring (bicyclic) bond motifs is 1. The lowest BCUT2D eigenvalue weighted by Crippen LogP contribution is -2.52.